The van der Waals surface area contributed by atoms with Gasteiger partial charge in [-0.25, -0.2) is 13.4 Å². The quantitative estimate of drug-likeness (QED) is 0.864. The second-order valence-corrected chi connectivity index (χ2v) is 6.74. The van der Waals surface area contributed by atoms with Gasteiger partial charge in [-0.15, -0.1) is 11.3 Å². The lowest BCUT2D eigenvalue weighted by molar-refractivity contribution is 0.595. The summed E-state index contributed by atoms with van der Waals surface area (Å²) in [6.45, 7) is 1.85. The third kappa shape index (κ3) is 2.83. The molecule has 0 unspecified atom stereocenters. The minimum Gasteiger partial charge on any atom is -0.399 e. The number of aromatic nitrogens is 1. The van der Waals surface area contributed by atoms with Crippen LogP contribution in [0.4, 0.5) is 5.69 Å². The molecule has 2 rings (SSSR count). The summed E-state index contributed by atoms with van der Waals surface area (Å²) in [5.74, 6) is -0.0682. The van der Waals surface area contributed by atoms with Crippen LogP contribution in [0.1, 0.15) is 10.7 Å². The Bertz CT molecular complexity index is 615. The van der Waals surface area contributed by atoms with E-state index in [1.807, 2.05) is 6.92 Å². The number of sulfone groups is 1. The van der Waals surface area contributed by atoms with Gasteiger partial charge in [0, 0.05) is 11.1 Å². The first kappa shape index (κ1) is 12.1. The summed E-state index contributed by atoms with van der Waals surface area (Å²) in [6, 6.07) is 6.20. The van der Waals surface area contributed by atoms with Gasteiger partial charge in [-0.05, 0) is 31.2 Å². The fraction of sp³-hybridized carbons (Fsp3) is 0.182. The highest BCUT2D eigenvalue weighted by Crippen LogP contribution is 2.18. The molecule has 6 heteroatoms. The molecule has 1 aromatic carbocycles. The van der Waals surface area contributed by atoms with Gasteiger partial charge in [-0.1, -0.05) is 0 Å². The molecule has 1 aromatic heterocycles. The highest BCUT2D eigenvalue weighted by molar-refractivity contribution is 7.90. The van der Waals surface area contributed by atoms with Crippen molar-refractivity contribution in [2.24, 2.45) is 0 Å². The molecule has 0 fully saturated rings. The zero-order chi connectivity index (χ0) is 12.5. The second kappa shape index (κ2) is 4.46. The van der Waals surface area contributed by atoms with Crippen molar-refractivity contribution >= 4 is 26.9 Å². The van der Waals surface area contributed by atoms with E-state index >= 15 is 0 Å². The monoisotopic (exact) mass is 268 g/mol. The molecule has 0 saturated carbocycles. The first-order chi connectivity index (χ1) is 7.97. The minimum atomic E-state index is -3.33. The third-order valence-electron chi connectivity index (χ3n) is 2.24. The van der Waals surface area contributed by atoms with Crippen molar-refractivity contribution in [3.05, 3.63) is 40.3 Å². The number of nitrogens with zero attached hydrogens (tertiary/aromatic N) is 1. The summed E-state index contributed by atoms with van der Waals surface area (Å²) < 4.78 is 24.1. The van der Waals surface area contributed by atoms with E-state index in [4.69, 9.17) is 5.73 Å². The van der Waals surface area contributed by atoms with Crippen molar-refractivity contribution < 1.29 is 8.42 Å². The summed E-state index contributed by atoms with van der Waals surface area (Å²) in [5.41, 5.74) is 6.66. The SMILES string of the molecule is Cc1nc(CS(=O)(=O)c2ccc(N)cc2)cs1. The van der Waals surface area contributed by atoms with Crippen molar-refractivity contribution in [3.8, 4) is 0 Å². The maximum Gasteiger partial charge on any atom is 0.184 e. The molecule has 0 radical (unpaired) electrons. The van der Waals surface area contributed by atoms with Crippen LogP contribution in [0.25, 0.3) is 0 Å². The van der Waals surface area contributed by atoms with E-state index in [2.05, 4.69) is 4.98 Å². The maximum absolute atomic E-state index is 12.0. The number of anilines is 1. The molecule has 0 aliphatic heterocycles. The van der Waals surface area contributed by atoms with Crippen LogP contribution in [0.2, 0.25) is 0 Å². The van der Waals surface area contributed by atoms with Gasteiger partial charge in [0.15, 0.2) is 9.84 Å². The number of nitrogens with two attached hydrogens (primary N) is 1. The number of thiazole rings is 1. The Kier molecular flexibility index (Phi) is 3.17. The number of aryl methyl sites for hydroxylation is 1. The van der Waals surface area contributed by atoms with E-state index in [9.17, 15) is 8.42 Å². The van der Waals surface area contributed by atoms with Gasteiger partial charge in [0.2, 0.25) is 0 Å². The van der Waals surface area contributed by atoms with E-state index in [1.54, 1.807) is 17.5 Å². The van der Waals surface area contributed by atoms with Crippen molar-refractivity contribution in [3.63, 3.8) is 0 Å². The summed E-state index contributed by atoms with van der Waals surface area (Å²) in [5, 5.41) is 2.64. The fourth-order valence-electron chi connectivity index (χ4n) is 1.43. The molecule has 0 spiro atoms. The van der Waals surface area contributed by atoms with Crippen LogP contribution in [-0.2, 0) is 15.6 Å². The predicted octanol–water partition coefficient (Wildman–Crippen LogP) is 2.01. The van der Waals surface area contributed by atoms with Gasteiger partial charge in [0.25, 0.3) is 0 Å². The first-order valence-electron chi connectivity index (χ1n) is 4.97. The lowest BCUT2D eigenvalue weighted by Gasteiger charge is -2.02. The number of hydrogen-bond acceptors (Lipinski definition) is 5. The summed E-state index contributed by atoms with van der Waals surface area (Å²) >= 11 is 1.45. The molecule has 0 aliphatic rings. The lowest BCUT2D eigenvalue weighted by atomic mass is 10.3. The third-order valence-corrected chi connectivity index (χ3v) is 4.73. The van der Waals surface area contributed by atoms with E-state index in [0.717, 1.165) is 5.01 Å². The van der Waals surface area contributed by atoms with Crippen molar-refractivity contribution in [1.82, 2.24) is 4.98 Å². The summed E-state index contributed by atoms with van der Waals surface area (Å²) in [7, 11) is -3.33. The number of benzene rings is 1. The molecule has 17 heavy (non-hydrogen) atoms. The van der Waals surface area contributed by atoms with Gasteiger partial charge in [0.1, 0.15) is 0 Å². The van der Waals surface area contributed by atoms with Crippen LogP contribution < -0.4 is 5.73 Å². The Balaban J connectivity index is 2.28. The molecule has 0 saturated heterocycles. The molecule has 2 N–H and O–H groups in total. The fourth-order valence-corrected chi connectivity index (χ4v) is 3.40. The molecule has 0 amide bonds. The van der Waals surface area contributed by atoms with E-state index < -0.39 is 9.84 Å². The van der Waals surface area contributed by atoms with Crippen LogP contribution in [0.5, 0.6) is 0 Å². The highest BCUT2D eigenvalue weighted by atomic mass is 32.2. The molecule has 0 atom stereocenters. The van der Waals surface area contributed by atoms with Crippen LogP contribution in [-0.4, -0.2) is 13.4 Å². The van der Waals surface area contributed by atoms with Crippen molar-refractivity contribution in [2.75, 3.05) is 5.73 Å². The second-order valence-electron chi connectivity index (χ2n) is 3.69. The largest absolute Gasteiger partial charge is 0.399 e. The van der Waals surface area contributed by atoms with Gasteiger partial charge < -0.3 is 5.73 Å². The molecule has 2 aromatic rings. The van der Waals surface area contributed by atoms with Crippen molar-refractivity contribution in [2.45, 2.75) is 17.6 Å². The first-order valence-corrected chi connectivity index (χ1v) is 7.50. The molecule has 1 heterocycles. The average molecular weight is 268 g/mol. The Morgan fingerprint density at radius 3 is 2.47 bits per heavy atom. The zero-order valence-corrected chi connectivity index (χ0v) is 10.9. The Morgan fingerprint density at radius 2 is 1.94 bits per heavy atom. The van der Waals surface area contributed by atoms with Gasteiger partial charge in [0.05, 0.1) is 21.3 Å². The molecule has 0 bridgehead atoms. The van der Waals surface area contributed by atoms with E-state index in [0.29, 0.717) is 11.4 Å². The maximum atomic E-state index is 12.0. The van der Waals surface area contributed by atoms with Crippen LogP contribution in [0.15, 0.2) is 34.5 Å². The van der Waals surface area contributed by atoms with Crippen LogP contribution >= 0.6 is 11.3 Å². The average Bonchev–Trinajstić information content (AvgIpc) is 2.63. The van der Waals surface area contributed by atoms with Crippen LogP contribution in [0, 0.1) is 6.92 Å². The molecule has 4 nitrogen and oxygen atoms in total. The number of rotatable bonds is 3. The van der Waals surface area contributed by atoms with E-state index in [-0.39, 0.29) is 10.6 Å². The van der Waals surface area contributed by atoms with E-state index in [1.165, 1.54) is 23.5 Å². The minimum absolute atomic E-state index is 0.0682. The highest BCUT2D eigenvalue weighted by Gasteiger charge is 2.16. The summed E-state index contributed by atoms with van der Waals surface area (Å²) in [4.78, 5) is 4.43. The van der Waals surface area contributed by atoms with Crippen molar-refractivity contribution in [1.29, 1.82) is 0 Å². The molecular formula is C11H12N2O2S2. The topological polar surface area (TPSA) is 73.0 Å². The molecule has 0 aliphatic carbocycles. The number of nitrogen functional groups attached to an aromatic ring is 1. The standard InChI is InChI=1S/C11H12N2O2S2/c1-8-13-10(6-16-8)7-17(14,15)11-4-2-9(12)3-5-11/h2-6H,7,12H2,1H3. The molecule has 90 valence electrons. The predicted molar refractivity (Wildman–Crippen MR) is 68.6 cm³/mol. The van der Waals surface area contributed by atoms with Gasteiger partial charge >= 0.3 is 0 Å². The number of hydrogen-bond donors (Lipinski definition) is 1. The summed E-state index contributed by atoms with van der Waals surface area (Å²) in [6.07, 6.45) is 0. The van der Waals surface area contributed by atoms with Gasteiger partial charge in [-0.2, -0.15) is 0 Å². The Morgan fingerprint density at radius 1 is 1.29 bits per heavy atom. The smallest absolute Gasteiger partial charge is 0.184 e. The Labute approximate surface area is 104 Å². The van der Waals surface area contributed by atoms with Gasteiger partial charge in [-0.3, -0.25) is 0 Å². The normalized spacial score (nSPS) is 11.6. The zero-order valence-electron chi connectivity index (χ0n) is 9.25. The Hall–Kier alpha value is -1.40. The molecular weight excluding hydrogens is 256 g/mol. The van der Waals surface area contributed by atoms with Crippen LogP contribution in [0.3, 0.4) is 0 Å². The lowest BCUT2D eigenvalue weighted by Crippen LogP contribution is -2.05.